The number of aryl methyl sites for hydroxylation is 2. The number of rotatable bonds is 6. The van der Waals surface area contributed by atoms with E-state index in [9.17, 15) is 8.42 Å². The maximum absolute atomic E-state index is 12.3. The van der Waals surface area contributed by atoms with Crippen molar-refractivity contribution in [3.63, 3.8) is 0 Å². The zero-order valence-electron chi connectivity index (χ0n) is 15.9. The van der Waals surface area contributed by atoms with Gasteiger partial charge in [-0.25, -0.2) is 13.1 Å². The van der Waals surface area contributed by atoms with Crippen LogP contribution in [0.2, 0.25) is 4.34 Å². The first kappa shape index (κ1) is 20.3. The molecular weight excluding hydrogens is 446 g/mol. The SMILES string of the molecule is Cc1cc(C)n(-c2ccc(Oc3ccc(NS(=O)(=O)c4ccc(Cl)s4)cc3)nn2)n1. The van der Waals surface area contributed by atoms with Gasteiger partial charge in [-0.15, -0.1) is 21.5 Å². The molecule has 11 heteroatoms. The molecule has 0 amide bonds. The Morgan fingerprint density at radius 3 is 2.37 bits per heavy atom. The van der Waals surface area contributed by atoms with Gasteiger partial charge in [0, 0.05) is 17.4 Å². The second kappa shape index (κ2) is 8.05. The van der Waals surface area contributed by atoms with E-state index >= 15 is 0 Å². The quantitative estimate of drug-likeness (QED) is 0.451. The summed E-state index contributed by atoms with van der Waals surface area (Å²) in [7, 11) is -3.68. The summed E-state index contributed by atoms with van der Waals surface area (Å²) in [6, 6.07) is 14.9. The lowest BCUT2D eigenvalue weighted by Gasteiger charge is -2.08. The van der Waals surface area contributed by atoms with Gasteiger partial charge < -0.3 is 4.74 Å². The first-order valence-corrected chi connectivity index (χ1v) is 11.4. The standard InChI is InChI=1S/C19H16ClN5O3S2/c1-12-11-13(2)25(23-12)17-8-9-18(22-21-17)28-15-5-3-14(4-6-15)24-30(26,27)19-10-7-16(20)29-19/h3-11,24H,1-2H3. The molecule has 30 heavy (non-hydrogen) atoms. The maximum atomic E-state index is 12.3. The van der Waals surface area contributed by atoms with Crippen molar-refractivity contribution in [1.29, 1.82) is 0 Å². The molecule has 0 aliphatic heterocycles. The van der Waals surface area contributed by atoms with Crippen molar-refractivity contribution in [1.82, 2.24) is 20.0 Å². The number of anilines is 1. The zero-order valence-corrected chi connectivity index (χ0v) is 18.3. The average molecular weight is 462 g/mol. The number of nitrogens with one attached hydrogen (secondary N) is 1. The molecule has 0 aliphatic rings. The summed E-state index contributed by atoms with van der Waals surface area (Å²) in [6.45, 7) is 3.85. The molecule has 0 saturated carbocycles. The summed E-state index contributed by atoms with van der Waals surface area (Å²) in [5.74, 6) is 1.39. The third-order valence-corrected chi connectivity index (χ3v) is 7.10. The smallest absolute Gasteiger partial charge is 0.271 e. The van der Waals surface area contributed by atoms with Gasteiger partial charge in [-0.1, -0.05) is 11.6 Å². The predicted molar refractivity (Wildman–Crippen MR) is 115 cm³/mol. The lowest BCUT2D eigenvalue weighted by molar-refractivity contribution is 0.454. The molecule has 0 atom stereocenters. The molecule has 0 saturated heterocycles. The normalized spacial score (nSPS) is 11.4. The number of hydrogen-bond acceptors (Lipinski definition) is 7. The van der Waals surface area contributed by atoms with Gasteiger partial charge in [-0.3, -0.25) is 4.72 Å². The van der Waals surface area contributed by atoms with Crippen molar-refractivity contribution in [2.45, 2.75) is 18.1 Å². The molecule has 0 radical (unpaired) electrons. The fourth-order valence-corrected chi connectivity index (χ4v) is 5.24. The molecule has 0 fully saturated rings. The van der Waals surface area contributed by atoms with Gasteiger partial charge in [0.25, 0.3) is 10.0 Å². The number of aromatic nitrogens is 4. The molecule has 0 unspecified atom stereocenters. The van der Waals surface area contributed by atoms with Crippen LogP contribution in [0.5, 0.6) is 11.6 Å². The van der Waals surface area contributed by atoms with E-state index in [0.717, 1.165) is 22.7 Å². The van der Waals surface area contributed by atoms with E-state index in [1.807, 2.05) is 19.9 Å². The van der Waals surface area contributed by atoms with E-state index in [2.05, 4.69) is 20.0 Å². The molecule has 1 N–H and O–H groups in total. The van der Waals surface area contributed by atoms with Crippen LogP contribution >= 0.6 is 22.9 Å². The van der Waals surface area contributed by atoms with Crippen LogP contribution in [0.3, 0.4) is 0 Å². The van der Waals surface area contributed by atoms with Crippen LogP contribution in [0.1, 0.15) is 11.4 Å². The lowest BCUT2D eigenvalue weighted by Crippen LogP contribution is -2.11. The minimum Gasteiger partial charge on any atom is -0.438 e. The first-order valence-electron chi connectivity index (χ1n) is 8.74. The van der Waals surface area contributed by atoms with Gasteiger partial charge in [0.1, 0.15) is 9.96 Å². The largest absolute Gasteiger partial charge is 0.438 e. The Hall–Kier alpha value is -2.95. The van der Waals surface area contributed by atoms with Crippen LogP contribution in [0, 0.1) is 13.8 Å². The summed E-state index contributed by atoms with van der Waals surface area (Å²) in [6.07, 6.45) is 0. The topological polar surface area (TPSA) is 99.0 Å². The third-order valence-electron chi connectivity index (χ3n) is 3.99. The van der Waals surface area contributed by atoms with Crippen LogP contribution in [-0.4, -0.2) is 28.4 Å². The summed E-state index contributed by atoms with van der Waals surface area (Å²) in [5.41, 5.74) is 2.25. The second-order valence-electron chi connectivity index (χ2n) is 6.36. The fourth-order valence-electron chi connectivity index (χ4n) is 2.70. The van der Waals surface area contributed by atoms with Crippen LogP contribution < -0.4 is 9.46 Å². The lowest BCUT2D eigenvalue weighted by atomic mass is 10.3. The number of ether oxygens (including phenoxy) is 1. The van der Waals surface area contributed by atoms with Crippen LogP contribution in [0.15, 0.2) is 58.8 Å². The van der Waals surface area contributed by atoms with Crippen molar-refractivity contribution in [3.8, 4) is 17.4 Å². The molecule has 3 aromatic heterocycles. The van der Waals surface area contributed by atoms with Crippen molar-refractivity contribution in [2.24, 2.45) is 0 Å². The number of benzene rings is 1. The van der Waals surface area contributed by atoms with E-state index < -0.39 is 10.0 Å². The highest BCUT2D eigenvalue weighted by Crippen LogP contribution is 2.28. The average Bonchev–Trinajstić information content (AvgIpc) is 3.29. The maximum Gasteiger partial charge on any atom is 0.271 e. The van der Waals surface area contributed by atoms with E-state index in [4.69, 9.17) is 16.3 Å². The second-order valence-corrected chi connectivity index (χ2v) is 9.98. The van der Waals surface area contributed by atoms with E-state index in [0.29, 0.717) is 27.5 Å². The van der Waals surface area contributed by atoms with Crippen molar-refractivity contribution < 1.29 is 13.2 Å². The van der Waals surface area contributed by atoms with Crippen LogP contribution in [0.4, 0.5) is 5.69 Å². The van der Waals surface area contributed by atoms with Crippen molar-refractivity contribution >= 4 is 38.6 Å². The minimum absolute atomic E-state index is 0.144. The summed E-state index contributed by atoms with van der Waals surface area (Å²) < 4.78 is 35.1. The molecule has 4 aromatic rings. The Kier molecular flexibility index (Phi) is 5.46. The van der Waals surface area contributed by atoms with Gasteiger partial charge in [0.15, 0.2) is 5.82 Å². The Bertz CT molecular complexity index is 1280. The van der Waals surface area contributed by atoms with E-state index in [-0.39, 0.29) is 4.21 Å². The van der Waals surface area contributed by atoms with Gasteiger partial charge in [-0.05, 0) is 62.4 Å². The van der Waals surface area contributed by atoms with E-state index in [1.54, 1.807) is 47.1 Å². The number of nitrogens with zero attached hydrogens (tertiary/aromatic N) is 4. The van der Waals surface area contributed by atoms with Gasteiger partial charge in [-0.2, -0.15) is 5.10 Å². The highest BCUT2D eigenvalue weighted by atomic mass is 35.5. The molecule has 0 bridgehead atoms. The molecular formula is C19H16ClN5O3S2. The molecule has 1 aromatic carbocycles. The molecule has 0 aliphatic carbocycles. The summed E-state index contributed by atoms with van der Waals surface area (Å²) in [5, 5.41) is 12.6. The third kappa shape index (κ3) is 4.45. The Balaban J connectivity index is 1.44. The highest BCUT2D eigenvalue weighted by Gasteiger charge is 2.16. The number of sulfonamides is 1. The Labute approximate surface area is 182 Å². The Morgan fingerprint density at radius 2 is 1.80 bits per heavy atom. The zero-order chi connectivity index (χ0) is 21.3. The highest BCUT2D eigenvalue weighted by molar-refractivity contribution is 7.94. The number of hydrogen-bond donors (Lipinski definition) is 1. The molecule has 0 spiro atoms. The molecule has 8 nitrogen and oxygen atoms in total. The minimum atomic E-state index is -3.68. The van der Waals surface area contributed by atoms with Crippen molar-refractivity contribution in [3.05, 3.63) is 70.3 Å². The van der Waals surface area contributed by atoms with Gasteiger partial charge >= 0.3 is 0 Å². The number of thiophene rings is 1. The van der Waals surface area contributed by atoms with E-state index in [1.165, 1.54) is 6.07 Å². The Morgan fingerprint density at radius 1 is 1.03 bits per heavy atom. The van der Waals surface area contributed by atoms with Gasteiger partial charge in [0.05, 0.1) is 10.0 Å². The fraction of sp³-hybridized carbons (Fsp3) is 0.105. The van der Waals surface area contributed by atoms with Crippen LogP contribution in [0.25, 0.3) is 5.82 Å². The van der Waals surface area contributed by atoms with Gasteiger partial charge in [0.2, 0.25) is 5.88 Å². The molecule has 154 valence electrons. The predicted octanol–water partition coefficient (Wildman–Crippen LogP) is 4.59. The summed E-state index contributed by atoms with van der Waals surface area (Å²) >= 11 is 6.80. The summed E-state index contributed by atoms with van der Waals surface area (Å²) in [4.78, 5) is 0. The molecule has 4 rings (SSSR count). The first-order chi connectivity index (χ1) is 14.3. The monoisotopic (exact) mass is 461 g/mol. The van der Waals surface area contributed by atoms with Crippen molar-refractivity contribution in [2.75, 3.05) is 4.72 Å². The molecule has 3 heterocycles. The van der Waals surface area contributed by atoms with Crippen LogP contribution in [-0.2, 0) is 10.0 Å². The number of halogens is 1.